The second kappa shape index (κ2) is 11.1. The van der Waals surface area contributed by atoms with Gasteiger partial charge in [-0.25, -0.2) is 0 Å². The maximum absolute atomic E-state index is 10.9. The summed E-state index contributed by atoms with van der Waals surface area (Å²) in [5, 5.41) is 32.6. The van der Waals surface area contributed by atoms with E-state index in [0.29, 0.717) is 23.2 Å². The first-order valence-electron chi connectivity index (χ1n) is 15.6. The van der Waals surface area contributed by atoms with Crippen LogP contribution in [0.15, 0.2) is 48.0 Å². The van der Waals surface area contributed by atoms with Gasteiger partial charge in [-0.3, -0.25) is 0 Å². The maximum atomic E-state index is 10.9. The molecule has 42 heavy (non-hydrogen) atoms. The molecule has 0 radical (unpaired) electrons. The molecule has 0 aliphatic heterocycles. The summed E-state index contributed by atoms with van der Waals surface area (Å²) in [5.41, 5.74) is 9.72. The van der Waals surface area contributed by atoms with Crippen LogP contribution in [-0.2, 0) is 10.8 Å². The standard InChI is InChI=1S/C39H52O3/c1-21(2)31-19-38(22(3)4,32-15-26(9)35(41)27(10)16-32)37(30-13-24(7)34(40)25(8)14-30)39(20-31,23(5)6)33-17-28(11)36(42)29(12)18-33/h13-19,21-23,37,40-42H,20H2,1-12H3. The van der Waals surface area contributed by atoms with Gasteiger partial charge in [-0.1, -0.05) is 89.6 Å². The van der Waals surface area contributed by atoms with Crippen LogP contribution in [0, 0.1) is 59.3 Å². The van der Waals surface area contributed by atoms with E-state index in [4.69, 9.17) is 0 Å². The Labute approximate surface area is 254 Å². The Morgan fingerprint density at radius 2 is 0.952 bits per heavy atom. The third-order valence-corrected chi connectivity index (χ3v) is 10.5. The van der Waals surface area contributed by atoms with Crippen molar-refractivity contribution >= 4 is 0 Å². The first-order valence-corrected chi connectivity index (χ1v) is 15.6. The smallest absolute Gasteiger partial charge is 0.121 e. The Balaban J connectivity index is 2.31. The molecule has 4 rings (SSSR count). The molecule has 0 aromatic heterocycles. The Morgan fingerprint density at radius 1 is 0.571 bits per heavy atom. The minimum atomic E-state index is -0.416. The number of phenolic OH excluding ortho intramolecular Hbond substituents is 3. The van der Waals surface area contributed by atoms with E-state index in [1.165, 1.54) is 22.3 Å². The molecular formula is C39H52O3. The molecule has 0 saturated carbocycles. The monoisotopic (exact) mass is 568 g/mol. The molecule has 1 aliphatic carbocycles. The lowest BCUT2D eigenvalue weighted by molar-refractivity contribution is 0.136. The summed E-state index contributed by atoms with van der Waals surface area (Å²) in [6, 6.07) is 13.3. The van der Waals surface area contributed by atoms with E-state index in [2.05, 4.69) is 84.0 Å². The number of hydrogen-bond donors (Lipinski definition) is 3. The summed E-state index contributed by atoms with van der Waals surface area (Å²) < 4.78 is 0. The summed E-state index contributed by atoms with van der Waals surface area (Å²) in [4.78, 5) is 0. The second-order valence-corrected chi connectivity index (χ2v) is 14.2. The van der Waals surface area contributed by atoms with Crippen molar-refractivity contribution in [2.24, 2.45) is 17.8 Å². The molecule has 0 bridgehead atoms. The Morgan fingerprint density at radius 3 is 1.31 bits per heavy atom. The fraction of sp³-hybridized carbons (Fsp3) is 0.487. The minimum absolute atomic E-state index is 0.0113. The van der Waals surface area contributed by atoms with E-state index in [9.17, 15) is 15.3 Å². The average molecular weight is 569 g/mol. The predicted octanol–water partition coefficient (Wildman–Crippen LogP) is 9.91. The highest BCUT2D eigenvalue weighted by molar-refractivity contribution is 5.57. The van der Waals surface area contributed by atoms with Crippen molar-refractivity contribution in [3.8, 4) is 17.2 Å². The first kappa shape index (κ1) is 31.7. The van der Waals surface area contributed by atoms with Crippen molar-refractivity contribution < 1.29 is 15.3 Å². The van der Waals surface area contributed by atoms with Gasteiger partial charge in [0.15, 0.2) is 0 Å². The van der Waals surface area contributed by atoms with Crippen molar-refractivity contribution in [2.45, 2.75) is 106 Å². The highest BCUT2D eigenvalue weighted by Crippen LogP contribution is 2.64. The van der Waals surface area contributed by atoms with Gasteiger partial charge in [0.25, 0.3) is 0 Å². The zero-order valence-corrected chi connectivity index (χ0v) is 27.9. The number of allylic oxidation sites excluding steroid dienone is 2. The van der Waals surface area contributed by atoms with Gasteiger partial charge < -0.3 is 15.3 Å². The molecule has 3 N–H and O–H groups in total. The summed E-state index contributed by atoms with van der Waals surface area (Å²) in [6.45, 7) is 26.0. The van der Waals surface area contributed by atoms with Gasteiger partial charge in [0.05, 0.1) is 0 Å². The Bertz CT molecular complexity index is 1470. The van der Waals surface area contributed by atoms with Crippen LogP contribution in [0.1, 0.15) is 104 Å². The van der Waals surface area contributed by atoms with Crippen molar-refractivity contribution in [3.05, 3.63) is 98.1 Å². The number of benzene rings is 3. The number of phenols is 3. The lowest BCUT2D eigenvalue weighted by atomic mass is 9.44. The molecule has 0 amide bonds. The van der Waals surface area contributed by atoms with Gasteiger partial charge >= 0.3 is 0 Å². The van der Waals surface area contributed by atoms with E-state index < -0.39 is 5.41 Å². The summed E-state index contributed by atoms with van der Waals surface area (Å²) >= 11 is 0. The molecule has 226 valence electrons. The van der Waals surface area contributed by atoms with Crippen LogP contribution in [0.2, 0.25) is 0 Å². The van der Waals surface area contributed by atoms with Crippen LogP contribution in [-0.4, -0.2) is 15.3 Å². The normalized spacial score (nSPS) is 22.7. The van der Waals surface area contributed by atoms with Crippen LogP contribution >= 0.6 is 0 Å². The molecule has 3 atom stereocenters. The first-order chi connectivity index (χ1) is 19.5. The highest BCUT2D eigenvalue weighted by Gasteiger charge is 2.58. The second-order valence-electron chi connectivity index (χ2n) is 14.2. The molecule has 0 spiro atoms. The van der Waals surface area contributed by atoms with Crippen LogP contribution in [0.25, 0.3) is 0 Å². The molecule has 0 heterocycles. The van der Waals surface area contributed by atoms with E-state index in [1.807, 2.05) is 41.5 Å². The van der Waals surface area contributed by atoms with E-state index in [-0.39, 0.29) is 23.2 Å². The van der Waals surface area contributed by atoms with Gasteiger partial charge in [0.1, 0.15) is 17.2 Å². The van der Waals surface area contributed by atoms with Crippen LogP contribution in [0.5, 0.6) is 17.2 Å². The molecule has 3 aromatic rings. The SMILES string of the molecule is Cc1cc(C2C(c3cc(C)c(O)c(C)c3)(C(C)C)C=C(C(C)C)CC2(c2cc(C)c(O)c(C)c2)C(C)C)cc(C)c1O. The van der Waals surface area contributed by atoms with Gasteiger partial charge in [0, 0.05) is 16.7 Å². The van der Waals surface area contributed by atoms with Crippen LogP contribution < -0.4 is 0 Å². The quantitative estimate of drug-likeness (QED) is 0.259. The average Bonchev–Trinajstić information content (AvgIpc) is 2.91. The van der Waals surface area contributed by atoms with Crippen LogP contribution in [0.3, 0.4) is 0 Å². The zero-order valence-electron chi connectivity index (χ0n) is 27.9. The molecule has 3 nitrogen and oxygen atoms in total. The third-order valence-electron chi connectivity index (χ3n) is 10.5. The zero-order chi connectivity index (χ0) is 31.5. The number of aryl methyl sites for hydroxylation is 6. The predicted molar refractivity (Wildman–Crippen MR) is 176 cm³/mol. The fourth-order valence-electron chi connectivity index (χ4n) is 8.06. The Hall–Kier alpha value is -3.20. The minimum Gasteiger partial charge on any atom is -0.507 e. The maximum Gasteiger partial charge on any atom is 0.121 e. The van der Waals surface area contributed by atoms with Crippen molar-refractivity contribution in [1.82, 2.24) is 0 Å². The van der Waals surface area contributed by atoms with E-state index >= 15 is 0 Å². The molecule has 3 aromatic carbocycles. The number of hydrogen-bond acceptors (Lipinski definition) is 3. The number of rotatable bonds is 6. The molecule has 3 heteroatoms. The van der Waals surface area contributed by atoms with Crippen molar-refractivity contribution in [2.75, 3.05) is 0 Å². The summed E-state index contributed by atoms with van der Waals surface area (Å²) in [5.74, 6) is 1.90. The number of aromatic hydroxyl groups is 3. The molecule has 0 saturated heterocycles. The molecular weight excluding hydrogens is 516 g/mol. The van der Waals surface area contributed by atoms with E-state index in [1.54, 1.807) is 0 Å². The van der Waals surface area contributed by atoms with Gasteiger partial charge in [-0.15, -0.1) is 0 Å². The molecule has 0 fully saturated rings. The third kappa shape index (κ3) is 4.83. The topological polar surface area (TPSA) is 60.7 Å². The molecule has 1 aliphatic rings. The van der Waals surface area contributed by atoms with Gasteiger partial charge in [-0.05, 0) is 116 Å². The summed E-state index contributed by atoms with van der Waals surface area (Å²) in [6.07, 6.45) is 3.48. The summed E-state index contributed by atoms with van der Waals surface area (Å²) in [7, 11) is 0. The lowest BCUT2D eigenvalue weighted by Crippen LogP contribution is -2.54. The van der Waals surface area contributed by atoms with Crippen molar-refractivity contribution in [3.63, 3.8) is 0 Å². The fourth-order valence-corrected chi connectivity index (χ4v) is 8.06. The Kier molecular flexibility index (Phi) is 8.41. The highest BCUT2D eigenvalue weighted by atomic mass is 16.3. The van der Waals surface area contributed by atoms with Crippen LogP contribution in [0.4, 0.5) is 0 Å². The van der Waals surface area contributed by atoms with Crippen molar-refractivity contribution in [1.29, 1.82) is 0 Å². The van der Waals surface area contributed by atoms with Gasteiger partial charge in [-0.2, -0.15) is 0 Å². The lowest BCUT2D eigenvalue weighted by Gasteiger charge is -2.59. The largest absolute Gasteiger partial charge is 0.507 e. The molecule has 3 unspecified atom stereocenters. The van der Waals surface area contributed by atoms with Gasteiger partial charge in [0.2, 0.25) is 0 Å². The van der Waals surface area contributed by atoms with E-state index in [0.717, 1.165) is 39.8 Å².